The quantitative estimate of drug-likeness (QED) is 0.893. The Morgan fingerprint density at radius 1 is 1.21 bits per heavy atom. The molecule has 0 spiro atoms. The fourth-order valence-electron chi connectivity index (χ4n) is 1.56. The van der Waals surface area contributed by atoms with Crippen molar-refractivity contribution in [1.82, 2.24) is 15.0 Å². The molecule has 2 rings (SSSR count). The summed E-state index contributed by atoms with van der Waals surface area (Å²) in [6.07, 6.45) is 0. The molecule has 1 atom stereocenters. The number of anilines is 2. The molecule has 0 fully saturated rings. The topological polar surface area (TPSA) is 86.0 Å². The molecule has 0 aliphatic heterocycles. The zero-order valence-corrected chi connectivity index (χ0v) is 11.3. The molecule has 1 aromatic carbocycles. The van der Waals surface area contributed by atoms with Crippen molar-refractivity contribution < 1.29 is 4.74 Å². The number of nitrogen functional groups attached to an aromatic ring is 1. The first-order chi connectivity index (χ1) is 9.08. The van der Waals surface area contributed by atoms with Crippen LogP contribution in [0.5, 0.6) is 6.01 Å². The van der Waals surface area contributed by atoms with Gasteiger partial charge in [0.25, 0.3) is 0 Å². The third-order valence-corrected chi connectivity index (χ3v) is 2.78. The number of nitrogens with one attached hydrogen (secondary N) is 1. The molecule has 0 bridgehead atoms. The largest absolute Gasteiger partial charge is 0.467 e. The van der Waals surface area contributed by atoms with Gasteiger partial charge in [-0.1, -0.05) is 23.7 Å². The number of rotatable bonds is 4. The molecule has 19 heavy (non-hydrogen) atoms. The van der Waals surface area contributed by atoms with Crippen LogP contribution >= 0.6 is 11.6 Å². The van der Waals surface area contributed by atoms with Crippen LogP contribution in [0, 0.1) is 0 Å². The minimum Gasteiger partial charge on any atom is -0.467 e. The molecule has 1 unspecified atom stereocenters. The number of benzene rings is 1. The van der Waals surface area contributed by atoms with E-state index in [-0.39, 0.29) is 18.0 Å². The minimum atomic E-state index is 0.00349. The molecule has 3 N–H and O–H groups in total. The van der Waals surface area contributed by atoms with E-state index >= 15 is 0 Å². The molecule has 0 aliphatic carbocycles. The molecule has 1 heterocycles. The summed E-state index contributed by atoms with van der Waals surface area (Å²) in [5, 5.41) is 3.82. The lowest BCUT2D eigenvalue weighted by molar-refractivity contribution is 0.379. The lowest BCUT2D eigenvalue weighted by Crippen LogP contribution is -2.11. The summed E-state index contributed by atoms with van der Waals surface area (Å²) in [4.78, 5) is 11.9. The summed E-state index contributed by atoms with van der Waals surface area (Å²) in [7, 11) is 1.47. The monoisotopic (exact) mass is 279 g/mol. The Kier molecular flexibility index (Phi) is 4.01. The molecule has 2 aromatic rings. The Morgan fingerprint density at radius 3 is 2.53 bits per heavy atom. The smallest absolute Gasteiger partial charge is 0.322 e. The second-order valence-electron chi connectivity index (χ2n) is 3.92. The molecule has 0 saturated heterocycles. The second-order valence-corrected chi connectivity index (χ2v) is 4.36. The average Bonchev–Trinajstić information content (AvgIpc) is 2.38. The molecule has 0 aliphatic rings. The highest BCUT2D eigenvalue weighted by atomic mass is 35.5. The average molecular weight is 280 g/mol. The van der Waals surface area contributed by atoms with Gasteiger partial charge in [-0.25, -0.2) is 0 Å². The van der Waals surface area contributed by atoms with E-state index in [1.807, 2.05) is 31.2 Å². The molecule has 0 radical (unpaired) electrons. The van der Waals surface area contributed by atoms with Crippen molar-refractivity contribution in [2.24, 2.45) is 0 Å². The van der Waals surface area contributed by atoms with Gasteiger partial charge in [-0.15, -0.1) is 0 Å². The molecule has 0 amide bonds. The van der Waals surface area contributed by atoms with Gasteiger partial charge in [-0.2, -0.15) is 15.0 Å². The molecule has 100 valence electrons. The normalized spacial score (nSPS) is 11.9. The third kappa shape index (κ3) is 3.45. The van der Waals surface area contributed by atoms with Crippen LogP contribution in [-0.2, 0) is 0 Å². The van der Waals surface area contributed by atoms with E-state index in [1.165, 1.54) is 7.11 Å². The molecule has 6 nitrogen and oxygen atoms in total. The van der Waals surface area contributed by atoms with E-state index in [1.54, 1.807) is 0 Å². The Hall–Kier alpha value is -2.08. The predicted molar refractivity (Wildman–Crippen MR) is 74.3 cm³/mol. The number of aromatic nitrogens is 3. The SMILES string of the molecule is COc1nc(N)nc(NC(C)c2ccc(Cl)cc2)n1. The Morgan fingerprint density at radius 2 is 1.89 bits per heavy atom. The number of methoxy groups -OCH3 is 1. The van der Waals surface area contributed by atoms with E-state index in [0.717, 1.165) is 5.56 Å². The van der Waals surface area contributed by atoms with Crippen molar-refractivity contribution in [3.8, 4) is 6.01 Å². The van der Waals surface area contributed by atoms with Crippen molar-refractivity contribution in [3.63, 3.8) is 0 Å². The van der Waals surface area contributed by atoms with Crippen LogP contribution < -0.4 is 15.8 Å². The molecule has 1 aromatic heterocycles. The third-order valence-electron chi connectivity index (χ3n) is 2.53. The van der Waals surface area contributed by atoms with Crippen molar-refractivity contribution in [2.75, 3.05) is 18.2 Å². The highest BCUT2D eigenvalue weighted by Gasteiger charge is 2.09. The number of nitrogens with zero attached hydrogens (tertiary/aromatic N) is 3. The van der Waals surface area contributed by atoms with Gasteiger partial charge in [-0.3, -0.25) is 0 Å². The van der Waals surface area contributed by atoms with E-state index in [4.69, 9.17) is 22.1 Å². The van der Waals surface area contributed by atoms with Gasteiger partial charge in [0, 0.05) is 5.02 Å². The van der Waals surface area contributed by atoms with Crippen molar-refractivity contribution in [3.05, 3.63) is 34.9 Å². The number of ether oxygens (including phenoxy) is 1. The van der Waals surface area contributed by atoms with E-state index in [0.29, 0.717) is 11.0 Å². The molecule has 0 saturated carbocycles. The summed E-state index contributed by atoms with van der Waals surface area (Å²) in [6, 6.07) is 7.71. The van der Waals surface area contributed by atoms with E-state index < -0.39 is 0 Å². The lowest BCUT2D eigenvalue weighted by atomic mass is 10.1. The highest BCUT2D eigenvalue weighted by Crippen LogP contribution is 2.20. The summed E-state index contributed by atoms with van der Waals surface area (Å²) in [5.41, 5.74) is 6.63. The number of halogens is 1. The van der Waals surface area contributed by atoms with Crippen molar-refractivity contribution in [2.45, 2.75) is 13.0 Å². The number of hydrogen-bond acceptors (Lipinski definition) is 6. The predicted octanol–water partition coefficient (Wildman–Crippen LogP) is 2.29. The minimum absolute atomic E-state index is 0.00349. The lowest BCUT2D eigenvalue weighted by Gasteiger charge is -2.14. The zero-order chi connectivity index (χ0) is 13.8. The Balaban J connectivity index is 2.16. The van der Waals surface area contributed by atoms with E-state index in [2.05, 4.69) is 20.3 Å². The van der Waals surface area contributed by atoms with Crippen LogP contribution in [0.15, 0.2) is 24.3 Å². The number of hydrogen-bond donors (Lipinski definition) is 2. The van der Waals surface area contributed by atoms with Crippen molar-refractivity contribution >= 4 is 23.5 Å². The Labute approximate surface area is 116 Å². The van der Waals surface area contributed by atoms with Gasteiger partial charge in [-0.05, 0) is 24.6 Å². The summed E-state index contributed by atoms with van der Waals surface area (Å²) in [5.74, 6) is 0.476. The van der Waals surface area contributed by atoms with Crippen LogP contribution in [0.2, 0.25) is 5.02 Å². The van der Waals surface area contributed by atoms with Gasteiger partial charge >= 0.3 is 6.01 Å². The maximum atomic E-state index is 5.85. The molecular weight excluding hydrogens is 266 g/mol. The van der Waals surface area contributed by atoms with Gasteiger partial charge in [0.2, 0.25) is 11.9 Å². The second kappa shape index (κ2) is 5.71. The zero-order valence-electron chi connectivity index (χ0n) is 10.6. The summed E-state index contributed by atoms with van der Waals surface area (Å²) in [6.45, 7) is 1.98. The highest BCUT2D eigenvalue weighted by molar-refractivity contribution is 6.30. The summed E-state index contributed by atoms with van der Waals surface area (Å²) < 4.78 is 4.94. The van der Waals surface area contributed by atoms with Crippen LogP contribution in [0.4, 0.5) is 11.9 Å². The Bertz CT molecular complexity index is 561. The number of nitrogens with two attached hydrogens (primary N) is 1. The van der Waals surface area contributed by atoms with E-state index in [9.17, 15) is 0 Å². The molecule has 7 heteroatoms. The molecular formula is C12H14ClN5O. The first-order valence-electron chi connectivity index (χ1n) is 5.66. The van der Waals surface area contributed by atoms with Crippen molar-refractivity contribution in [1.29, 1.82) is 0 Å². The maximum Gasteiger partial charge on any atom is 0.322 e. The fraction of sp³-hybridized carbons (Fsp3) is 0.250. The van der Waals surface area contributed by atoms with Gasteiger partial charge < -0.3 is 15.8 Å². The van der Waals surface area contributed by atoms with Crippen LogP contribution in [0.3, 0.4) is 0 Å². The van der Waals surface area contributed by atoms with Gasteiger partial charge in [0.05, 0.1) is 13.2 Å². The van der Waals surface area contributed by atoms with Gasteiger partial charge in [0.1, 0.15) is 0 Å². The van der Waals surface area contributed by atoms with Gasteiger partial charge in [0.15, 0.2) is 0 Å². The maximum absolute atomic E-state index is 5.85. The standard InChI is InChI=1S/C12H14ClN5O/c1-7(8-3-5-9(13)6-4-8)15-11-16-10(14)17-12(18-11)19-2/h3-7H,1-2H3,(H3,14,15,16,17,18). The fourth-order valence-corrected chi connectivity index (χ4v) is 1.68. The summed E-state index contributed by atoms with van der Waals surface area (Å²) >= 11 is 5.85. The first kappa shape index (κ1) is 13.4. The van der Waals surface area contributed by atoms with Crippen LogP contribution in [-0.4, -0.2) is 22.1 Å². The van der Waals surface area contributed by atoms with Crippen LogP contribution in [0.25, 0.3) is 0 Å². The van der Waals surface area contributed by atoms with Crippen LogP contribution in [0.1, 0.15) is 18.5 Å². The first-order valence-corrected chi connectivity index (χ1v) is 6.04.